The first-order chi connectivity index (χ1) is 12.5. The van der Waals surface area contributed by atoms with Crippen LogP contribution in [0.1, 0.15) is 18.4 Å². The SMILES string of the molecule is I.NC(=NCc1ccc(S(=O)(=O)NCC2CCCO2)cc1)N1CCSCC1. The van der Waals surface area contributed by atoms with Gasteiger partial charge in [0.2, 0.25) is 10.0 Å². The smallest absolute Gasteiger partial charge is 0.240 e. The van der Waals surface area contributed by atoms with E-state index in [1.54, 1.807) is 24.3 Å². The molecule has 0 aliphatic carbocycles. The molecule has 3 rings (SSSR count). The zero-order valence-corrected chi connectivity index (χ0v) is 19.1. The van der Waals surface area contributed by atoms with Crippen molar-refractivity contribution in [3.8, 4) is 0 Å². The van der Waals surface area contributed by atoms with Gasteiger partial charge in [-0.25, -0.2) is 18.1 Å². The highest BCUT2D eigenvalue weighted by Crippen LogP contribution is 2.15. The molecule has 1 aromatic rings. The minimum absolute atomic E-state index is 0. The molecular formula is C17H27IN4O3S2. The Morgan fingerprint density at radius 2 is 2.00 bits per heavy atom. The number of nitrogens with two attached hydrogens (primary N) is 1. The maximum atomic E-state index is 12.3. The van der Waals surface area contributed by atoms with E-state index in [2.05, 4.69) is 14.6 Å². The van der Waals surface area contributed by atoms with Gasteiger partial charge in [-0.15, -0.1) is 24.0 Å². The number of thioether (sulfide) groups is 1. The van der Waals surface area contributed by atoms with Crippen LogP contribution in [0.15, 0.2) is 34.2 Å². The van der Waals surface area contributed by atoms with E-state index < -0.39 is 10.0 Å². The van der Waals surface area contributed by atoms with E-state index in [0.29, 0.717) is 25.7 Å². The van der Waals surface area contributed by atoms with Crippen LogP contribution < -0.4 is 10.5 Å². The van der Waals surface area contributed by atoms with Crippen LogP contribution in [0.3, 0.4) is 0 Å². The van der Waals surface area contributed by atoms with Crippen molar-refractivity contribution in [2.24, 2.45) is 10.7 Å². The van der Waals surface area contributed by atoms with E-state index in [4.69, 9.17) is 10.5 Å². The zero-order chi connectivity index (χ0) is 18.4. The second-order valence-corrected chi connectivity index (χ2v) is 9.40. The fourth-order valence-corrected chi connectivity index (χ4v) is 4.90. The number of guanidine groups is 1. The lowest BCUT2D eigenvalue weighted by Crippen LogP contribution is -2.42. The molecular weight excluding hydrogens is 499 g/mol. The van der Waals surface area contributed by atoms with Crippen molar-refractivity contribution in [1.29, 1.82) is 0 Å². The number of hydrogen-bond donors (Lipinski definition) is 2. The Labute approximate surface area is 182 Å². The third-order valence-electron chi connectivity index (χ3n) is 4.52. The number of nitrogens with zero attached hydrogens (tertiary/aromatic N) is 2. The average Bonchev–Trinajstić information content (AvgIpc) is 3.19. The number of rotatable bonds is 6. The maximum Gasteiger partial charge on any atom is 0.240 e. The molecule has 2 aliphatic rings. The third-order valence-corrected chi connectivity index (χ3v) is 6.90. The van der Waals surface area contributed by atoms with Gasteiger partial charge in [-0.2, -0.15) is 11.8 Å². The second kappa shape index (κ2) is 10.8. The first-order valence-corrected chi connectivity index (χ1v) is 11.5. The highest BCUT2D eigenvalue weighted by molar-refractivity contribution is 14.0. The van der Waals surface area contributed by atoms with E-state index >= 15 is 0 Å². The minimum atomic E-state index is -3.51. The van der Waals surface area contributed by atoms with Gasteiger partial charge in [-0.3, -0.25) is 0 Å². The molecule has 2 fully saturated rings. The van der Waals surface area contributed by atoms with E-state index in [0.717, 1.165) is 43.0 Å². The van der Waals surface area contributed by atoms with Gasteiger partial charge in [-0.1, -0.05) is 12.1 Å². The van der Waals surface area contributed by atoms with Gasteiger partial charge in [0.05, 0.1) is 17.5 Å². The van der Waals surface area contributed by atoms with Crippen molar-refractivity contribution in [2.45, 2.75) is 30.4 Å². The molecule has 10 heteroatoms. The standard InChI is InChI=1S/C17H26N4O3S2.HI/c18-17(21-7-10-25-11-8-21)19-12-14-3-5-16(6-4-14)26(22,23)20-13-15-2-1-9-24-15;/h3-6,15,20H,1-2,7-13H2,(H2,18,19);1H. The average molecular weight is 526 g/mol. The van der Waals surface area contributed by atoms with E-state index in [-0.39, 0.29) is 35.0 Å². The fourth-order valence-electron chi connectivity index (χ4n) is 2.93. The molecule has 2 heterocycles. The van der Waals surface area contributed by atoms with Crippen molar-refractivity contribution in [1.82, 2.24) is 9.62 Å². The van der Waals surface area contributed by atoms with Crippen LogP contribution in [-0.2, 0) is 21.3 Å². The van der Waals surface area contributed by atoms with E-state index in [1.165, 1.54) is 0 Å². The highest BCUT2D eigenvalue weighted by atomic mass is 127. The molecule has 0 amide bonds. The van der Waals surface area contributed by atoms with Crippen LogP contribution >= 0.6 is 35.7 Å². The molecule has 0 bridgehead atoms. The largest absolute Gasteiger partial charge is 0.377 e. The van der Waals surface area contributed by atoms with Crippen molar-refractivity contribution >= 4 is 51.7 Å². The first-order valence-electron chi connectivity index (χ1n) is 8.87. The van der Waals surface area contributed by atoms with Gasteiger partial charge in [-0.05, 0) is 30.5 Å². The van der Waals surface area contributed by atoms with E-state index in [1.807, 2.05) is 11.8 Å². The molecule has 1 unspecified atom stereocenters. The Morgan fingerprint density at radius 1 is 1.30 bits per heavy atom. The Hall–Kier alpha value is -0.560. The lowest BCUT2D eigenvalue weighted by molar-refractivity contribution is 0.114. The number of nitrogens with one attached hydrogen (secondary N) is 1. The van der Waals surface area contributed by atoms with Gasteiger partial charge >= 0.3 is 0 Å². The quantitative estimate of drug-likeness (QED) is 0.332. The molecule has 7 nitrogen and oxygen atoms in total. The summed E-state index contributed by atoms with van der Waals surface area (Å²) >= 11 is 1.92. The number of hydrogen-bond acceptors (Lipinski definition) is 5. The topological polar surface area (TPSA) is 97.0 Å². The summed E-state index contributed by atoms with van der Waals surface area (Å²) in [6.07, 6.45) is 1.87. The number of ether oxygens (including phenoxy) is 1. The second-order valence-electron chi connectivity index (χ2n) is 6.40. The van der Waals surface area contributed by atoms with Crippen molar-refractivity contribution < 1.29 is 13.2 Å². The van der Waals surface area contributed by atoms with Crippen LogP contribution in [0.25, 0.3) is 0 Å². The Kier molecular flexibility index (Phi) is 9.12. The molecule has 0 saturated carbocycles. The molecule has 152 valence electrons. The minimum Gasteiger partial charge on any atom is -0.377 e. The van der Waals surface area contributed by atoms with Gasteiger partial charge in [0.15, 0.2) is 5.96 Å². The van der Waals surface area contributed by atoms with Gasteiger partial charge in [0, 0.05) is 37.7 Å². The Balaban J connectivity index is 0.00000261. The monoisotopic (exact) mass is 526 g/mol. The predicted octanol–water partition coefficient (Wildman–Crippen LogP) is 1.63. The Bertz CT molecular complexity index is 716. The van der Waals surface area contributed by atoms with Gasteiger partial charge in [0.1, 0.15) is 0 Å². The van der Waals surface area contributed by atoms with Gasteiger partial charge in [0.25, 0.3) is 0 Å². The molecule has 1 atom stereocenters. The van der Waals surface area contributed by atoms with Crippen LogP contribution in [0.5, 0.6) is 0 Å². The lowest BCUT2D eigenvalue weighted by Gasteiger charge is -2.27. The molecule has 1 aromatic carbocycles. The highest BCUT2D eigenvalue weighted by Gasteiger charge is 2.20. The fraction of sp³-hybridized carbons (Fsp3) is 0.588. The number of benzene rings is 1. The number of sulfonamides is 1. The summed E-state index contributed by atoms with van der Waals surface area (Å²) in [5, 5.41) is 0. The molecule has 27 heavy (non-hydrogen) atoms. The first kappa shape index (κ1) is 22.7. The van der Waals surface area contributed by atoms with Crippen molar-refractivity contribution in [3.63, 3.8) is 0 Å². The van der Waals surface area contributed by atoms with Crippen LogP contribution in [-0.4, -0.2) is 63.1 Å². The Morgan fingerprint density at radius 3 is 2.63 bits per heavy atom. The van der Waals surface area contributed by atoms with Crippen molar-refractivity contribution in [2.75, 3.05) is 37.7 Å². The molecule has 2 saturated heterocycles. The summed E-state index contributed by atoms with van der Waals surface area (Å²) in [5.41, 5.74) is 6.97. The van der Waals surface area contributed by atoms with Crippen LogP contribution in [0, 0.1) is 0 Å². The normalized spacial score (nSPS) is 21.1. The molecule has 0 spiro atoms. The van der Waals surface area contributed by atoms with Crippen LogP contribution in [0.2, 0.25) is 0 Å². The predicted molar refractivity (Wildman–Crippen MR) is 120 cm³/mol. The summed E-state index contributed by atoms with van der Waals surface area (Å²) in [6, 6.07) is 6.78. The molecule has 2 aliphatic heterocycles. The lowest BCUT2D eigenvalue weighted by atomic mass is 10.2. The number of aliphatic imine (C=N–C) groups is 1. The van der Waals surface area contributed by atoms with Crippen molar-refractivity contribution in [3.05, 3.63) is 29.8 Å². The summed E-state index contributed by atoms with van der Waals surface area (Å²) in [6.45, 7) is 3.32. The summed E-state index contributed by atoms with van der Waals surface area (Å²) in [5.74, 6) is 2.70. The molecule has 0 radical (unpaired) electrons. The summed E-state index contributed by atoms with van der Waals surface area (Å²) in [4.78, 5) is 6.77. The number of halogens is 1. The molecule has 0 aromatic heterocycles. The summed E-state index contributed by atoms with van der Waals surface area (Å²) in [7, 11) is -3.51. The molecule has 3 N–H and O–H groups in total. The summed E-state index contributed by atoms with van der Waals surface area (Å²) < 4.78 is 32.8. The zero-order valence-electron chi connectivity index (χ0n) is 15.2. The third kappa shape index (κ3) is 6.77. The van der Waals surface area contributed by atoms with Crippen LogP contribution in [0.4, 0.5) is 0 Å². The maximum absolute atomic E-state index is 12.3. The van der Waals surface area contributed by atoms with E-state index in [9.17, 15) is 8.42 Å². The van der Waals surface area contributed by atoms with Gasteiger partial charge < -0.3 is 15.4 Å².